The Morgan fingerprint density at radius 2 is 1.83 bits per heavy atom. The maximum atomic E-state index is 12.9. The molecule has 1 aliphatic heterocycles. The monoisotopic (exact) mass is 316 g/mol. The third-order valence-electron chi connectivity index (χ3n) is 4.85. The van der Waals surface area contributed by atoms with Gasteiger partial charge in [-0.3, -0.25) is 9.78 Å². The molecule has 3 aromatic rings. The minimum atomic E-state index is 0.194. The van der Waals surface area contributed by atoms with Crippen LogP contribution in [0.25, 0.3) is 10.8 Å². The molecule has 1 fully saturated rings. The van der Waals surface area contributed by atoms with E-state index in [0.717, 1.165) is 35.7 Å². The number of carbonyl (C=O) groups is 1. The number of hydrogen-bond donors (Lipinski definition) is 0. The molecule has 0 N–H and O–H groups in total. The van der Waals surface area contributed by atoms with E-state index in [1.165, 1.54) is 5.56 Å². The van der Waals surface area contributed by atoms with Crippen LogP contribution >= 0.6 is 0 Å². The molecular formula is C21H20N2O. The zero-order chi connectivity index (χ0) is 16.4. The first-order chi connectivity index (χ1) is 11.8. The van der Waals surface area contributed by atoms with Gasteiger partial charge < -0.3 is 4.90 Å². The number of nitrogens with zero attached hydrogens (tertiary/aromatic N) is 2. The molecule has 1 saturated heterocycles. The number of rotatable bonds is 3. The largest absolute Gasteiger partial charge is 0.335 e. The van der Waals surface area contributed by atoms with Crippen molar-refractivity contribution in [2.45, 2.75) is 25.3 Å². The molecule has 1 amide bonds. The van der Waals surface area contributed by atoms with E-state index in [1.54, 1.807) is 0 Å². The molecule has 2 aromatic carbocycles. The van der Waals surface area contributed by atoms with Gasteiger partial charge in [0.25, 0.3) is 0 Å². The predicted octanol–water partition coefficient (Wildman–Crippen LogP) is 4.14. The highest BCUT2D eigenvalue weighted by molar-refractivity contribution is 5.89. The number of pyridine rings is 1. The average Bonchev–Trinajstić information content (AvgIpc) is 3.13. The zero-order valence-corrected chi connectivity index (χ0v) is 13.6. The highest BCUT2D eigenvalue weighted by Crippen LogP contribution is 2.32. The van der Waals surface area contributed by atoms with Gasteiger partial charge in [0.15, 0.2) is 0 Å². The van der Waals surface area contributed by atoms with Crippen molar-refractivity contribution in [1.29, 1.82) is 0 Å². The fraction of sp³-hybridized carbons (Fsp3) is 0.238. The van der Waals surface area contributed by atoms with Gasteiger partial charge in [-0.05, 0) is 29.4 Å². The van der Waals surface area contributed by atoms with Gasteiger partial charge in [-0.2, -0.15) is 0 Å². The molecule has 0 saturated carbocycles. The minimum Gasteiger partial charge on any atom is -0.335 e. The van der Waals surface area contributed by atoms with Crippen LogP contribution in [0.2, 0.25) is 0 Å². The molecule has 24 heavy (non-hydrogen) atoms. The van der Waals surface area contributed by atoms with Gasteiger partial charge >= 0.3 is 0 Å². The third-order valence-corrected chi connectivity index (χ3v) is 4.85. The average molecular weight is 316 g/mol. The smallest absolute Gasteiger partial charge is 0.227 e. The molecule has 1 unspecified atom stereocenters. The van der Waals surface area contributed by atoms with E-state index in [0.29, 0.717) is 6.42 Å². The van der Waals surface area contributed by atoms with E-state index < -0.39 is 0 Å². The summed E-state index contributed by atoms with van der Waals surface area (Å²) >= 11 is 0. The second kappa shape index (κ2) is 6.44. The Balaban J connectivity index is 1.59. The quantitative estimate of drug-likeness (QED) is 0.727. The Morgan fingerprint density at radius 3 is 2.71 bits per heavy atom. The lowest BCUT2D eigenvalue weighted by Crippen LogP contribution is -2.31. The maximum Gasteiger partial charge on any atom is 0.227 e. The van der Waals surface area contributed by atoms with Crippen molar-refractivity contribution >= 4 is 16.7 Å². The molecule has 120 valence electrons. The zero-order valence-electron chi connectivity index (χ0n) is 13.6. The maximum absolute atomic E-state index is 12.9. The first kappa shape index (κ1) is 14.9. The number of carbonyl (C=O) groups excluding carboxylic acids is 1. The molecule has 3 heteroatoms. The minimum absolute atomic E-state index is 0.194. The van der Waals surface area contributed by atoms with Crippen LogP contribution in [0, 0.1) is 0 Å². The molecule has 1 aromatic heterocycles. The summed E-state index contributed by atoms with van der Waals surface area (Å²) < 4.78 is 0. The molecule has 1 atom stereocenters. The van der Waals surface area contributed by atoms with Gasteiger partial charge in [0.1, 0.15) is 0 Å². The van der Waals surface area contributed by atoms with Crippen LogP contribution in [0.5, 0.6) is 0 Å². The van der Waals surface area contributed by atoms with E-state index in [4.69, 9.17) is 0 Å². The van der Waals surface area contributed by atoms with Gasteiger partial charge in [0.2, 0.25) is 5.91 Å². The van der Waals surface area contributed by atoms with Gasteiger partial charge in [-0.1, -0.05) is 54.6 Å². The van der Waals surface area contributed by atoms with Crippen LogP contribution in [0.3, 0.4) is 0 Å². The Labute approximate surface area is 141 Å². The SMILES string of the molecule is O=C(Cc1cncc2ccccc12)N1CCCC1c1ccccc1. The first-order valence-corrected chi connectivity index (χ1v) is 8.49. The van der Waals surface area contributed by atoms with Crippen molar-refractivity contribution in [3.8, 4) is 0 Å². The highest BCUT2D eigenvalue weighted by atomic mass is 16.2. The van der Waals surface area contributed by atoms with Crippen molar-refractivity contribution in [3.63, 3.8) is 0 Å². The Kier molecular flexibility index (Phi) is 3.99. The number of likely N-dealkylation sites (tertiary alicyclic amines) is 1. The van der Waals surface area contributed by atoms with Crippen LogP contribution in [0.15, 0.2) is 67.0 Å². The van der Waals surface area contributed by atoms with Crippen LogP contribution in [0.4, 0.5) is 0 Å². The van der Waals surface area contributed by atoms with Crippen molar-refractivity contribution in [2.75, 3.05) is 6.54 Å². The van der Waals surface area contributed by atoms with Crippen LogP contribution in [-0.4, -0.2) is 22.3 Å². The number of amides is 1. The van der Waals surface area contributed by atoms with E-state index >= 15 is 0 Å². The normalized spacial score (nSPS) is 17.3. The summed E-state index contributed by atoms with van der Waals surface area (Å²) in [5.41, 5.74) is 2.25. The number of fused-ring (bicyclic) bond motifs is 1. The molecule has 0 bridgehead atoms. The lowest BCUT2D eigenvalue weighted by Gasteiger charge is -2.25. The van der Waals surface area contributed by atoms with Gasteiger partial charge in [0.05, 0.1) is 12.5 Å². The Morgan fingerprint density at radius 1 is 1.04 bits per heavy atom. The van der Waals surface area contributed by atoms with Crippen LogP contribution < -0.4 is 0 Å². The number of benzene rings is 2. The van der Waals surface area contributed by atoms with Gasteiger partial charge in [-0.15, -0.1) is 0 Å². The van der Waals surface area contributed by atoms with Gasteiger partial charge in [-0.25, -0.2) is 0 Å². The second-order valence-electron chi connectivity index (χ2n) is 6.35. The molecule has 2 heterocycles. The Bertz CT molecular complexity index is 855. The summed E-state index contributed by atoms with van der Waals surface area (Å²) in [5, 5.41) is 2.21. The summed E-state index contributed by atoms with van der Waals surface area (Å²) in [6, 6.07) is 18.7. The summed E-state index contributed by atoms with van der Waals surface area (Å²) in [6.07, 6.45) is 6.21. The summed E-state index contributed by atoms with van der Waals surface area (Å²) in [4.78, 5) is 19.3. The highest BCUT2D eigenvalue weighted by Gasteiger charge is 2.29. The van der Waals surface area contributed by atoms with E-state index in [-0.39, 0.29) is 11.9 Å². The summed E-state index contributed by atoms with van der Waals surface area (Å²) in [7, 11) is 0. The van der Waals surface area contributed by atoms with E-state index in [2.05, 4.69) is 23.2 Å². The topological polar surface area (TPSA) is 33.2 Å². The molecule has 0 radical (unpaired) electrons. The van der Waals surface area contributed by atoms with Crippen molar-refractivity contribution in [1.82, 2.24) is 9.88 Å². The molecule has 1 aliphatic rings. The lowest BCUT2D eigenvalue weighted by atomic mass is 10.0. The van der Waals surface area contributed by atoms with E-state index in [1.807, 2.05) is 53.7 Å². The van der Waals surface area contributed by atoms with Gasteiger partial charge in [0, 0.05) is 24.3 Å². The number of hydrogen-bond acceptors (Lipinski definition) is 2. The van der Waals surface area contributed by atoms with Crippen LogP contribution in [-0.2, 0) is 11.2 Å². The standard InChI is InChI=1S/C21H20N2O/c24-21(13-18-15-22-14-17-9-4-5-10-19(17)18)23-12-6-11-20(23)16-7-2-1-3-8-16/h1-5,7-10,14-15,20H,6,11-13H2. The molecule has 3 nitrogen and oxygen atoms in total. The van der Waals surface area contributed by atoms with Crippen molar-refractivity contribution < 1.29 is 4.79 Å². The molecule has 4 rings (SSSR count). The summed E-state index contributed by atoms with van der Waals surface area (Å²) in [6.45, 7) is 0.844. The fourth-order valence-electron chi connectivity index (χ4n) is 3.67. The van der Waals surface area contributed by atoms with Crippen molar-refractivity contribution in [2.24, 2.45) is 0 Å². The fourth-order valence-corrected chi connectivity index (χ4v) is 3.67. The van der Waals surface area contributed by atoms with Crippen LogP contribution in [0.1, 0.15) is 30.0 Å². The summed E-state index contributed by atoms with van der Waals surface area (Å²) in [5.74, 6) is 0.194. The third kappa shape index (κ3) is 2.78. The molecular weight excluding hydrogens is 296 g/mol. The first-order valence-electron chi connectivity index (χ1n) is 8.49. The van der Waals surface area contributed by atoms with E-state index in [9.17, 15) is 4.79 Å². The number of aromatic nitrogens is 1. The molecule has 0 spiro atoms. The predicted molar refractivity (Wildman–Crippen MR) is 95.6 cm³/mol. The second-order valence-corrected chi connectivity index (χ2v) is 6.35. The lowest BCUT2D eigenvalue weighted by molar-refractivity contribution is -0.131. The Hall–Kier alpha value is -2.68. The van der Waals surface area contributed by atoms with Crippen molar-refractivity contribution in [3.05, 3.63) is 78.1 Å². The molecule has 0 aliphatic carbocycles.